The summed E-state index contributed by atoms with van der Waals surface area (Å²) in [5.41, 5.74) is 0.576. The number of benzene rings is 1. The van der Waals surface area contributed by atoms with Gasteiger partial charge < -0.3 is 15.0 Å². The zero-order chi connectivity index (χ0) is 23.0. The van der Waals surface area contributed by atoms with Gasteiger partial charge in [0.2, 0.25) is 5.95 Å². The first kappa shape index (κ1) is 21.7. The Bertz CT molecular complexity index is 1120. The van der Waals surface area contributed by atoms with Gasteiger partial charge in [-0.25, -0.2) is 9.67 Å². The van der Waals surface area contributed by atoms with E-state index in [1.165, 1.54) is 17.1 Å². The van der Waals surface area contributed by atoms with Crippen LogP contribution in [0.4, 0.5) is 30.8 Å². The minimum atomic E-state index is -4.42. The molecule has 3 aromatic rings. The second-order valence-electron chi connectivity index (χ2n) is 8.29. The van der Waals surface area contributed by atoms with E-state index < -0.39 is 11.7 Å². The molecule has 2 aliphatic heterocycles. The Hall–Kier alpha value is -3.18. The normalized spacial score (nSPS) is 17.8. The van der Waals surface area contributed by atoms with Gasteiger partial charge in [-0.1, -0.05) is 6.07 Å². The van der Waals surface area contributed by atoms with E-state index >= 15 is 0 Å². The number of halogens is 3. The van der Waals surface area contributed by atoms with Crippen molar-refractivity contribution in [3.63, 3.8) is 0 Å². The molecule has 0 radical (unpaired) electrons. The van der Waals surface area contributed by atoms with E-state index in [-0.39, 0.29) is 11.6 Å². The monoisotopic (exact) mass is 459 g/mol. The molecule has 11 heteroatoms. The van der Waals surface area contributed by atoms with Crippen molar-refractivity contribution < 1.29 is 17.9 Å². The molecule has 0 amide bonds. The maximum atomic E-state index is 13.0. The molecule has 2 aromatic heterocycles. The number of nitrogens with zero attached hydrogens (tertiary/aromatic N) is 6. The Morgan fingerprint density at radius 1 is 1.06 bits per heavy atom. The Morgan fingerprint density at radius 3 is 2.55 bits per heavy atom. The van der Waals surface area contributed by atoms with Gasteiger partial charge in [0.25, 0.3) is 0 Å². The molecule has 4 heterocycles. The number of pyridine rings is 1. The molecule has 0 atom stereocenters. The van der Waals surface area contributed by atoms with Crippen molar-refractivity contribution in [2.45, 2.75) is 19.1 Å². The van der Waals surface area contributed by atoms with Crippen LogP contribution in [0.25, 0.3) is 5.69 Å². The molecular weight excluding hydrogens is 435 g/mol. The molecular formula is C22H24F3N7O. The molecule has 5 rings (SSSR count). The number of anilines is 3. The lowest BCUT2D eigenvalue weighted by Crippen LogP contribution is -2.56. The molecule has 0 aliphatic carbocycles. The van der Waals surface area contributed by atoms with Crippen molar-refractivity contribution in [1.82, 2.24) is 24.6 Å². The summed E-state index contributed by atoms with van der Waals surface area (Å²) in [5.74, 6) is 1.71. The van der Waals surface area contributed by atoms with Gasteiger partial charge in [-0.3, -0.25) is 4.90 Å². The molecule has 2 fully saturated rings. The SMILES string of the molecule is Cc1cc(Nc2ncn(-c3cccc(C(F)(F)F)c3)n2)nc(N2CCN(C3COC3)CC2)c1. The molecule has 0 spiro atoms. The fourth-order valence-corrected chi connectivity index (χ4v) is 4.01. The summed E-state index contributed by atoms with van der Waals surface area (Å²) in [5, 5.41) is 7.35. The minimum Gasteiger partial charge on any atom is -0.378 e. The lowest BCUT2D eigenvalue weighted by atomic mass is 10.2. The second kappa shape index (κ2) is 8.64. The molecule has 1 N–H and O–H groups in total. The van der Waals surface area contributed by atoms with E-state index in [1.54, 1.807) is 6.07 Å². The van der Waals surface area contributed by atoms with E-state index in [0.717, 1.165) is 62.9 Å². The van der Waals surface area contributed by atoms with Crippen LogP contribution in [0.3, 0.4) is 0 Å². The summed E-state index contributed by atoms with van der Waals surface area (Å²) < 4.78 is 45.6. The zero-order valence-electron chi connectivity index (χ0n) is 18.1. The molecule has 0 bridgehead atoms. The van der Waals surface area contributed by atoms with E-state index in [2.05, 4.69) is 25.2 Å². The zero-order valence-corrected chi connectivity index (χ0v) is 18.1. The van der Waals surface area contributed by atoms with Gasteiger partial charge in [0.15, 0.2) is 0 Å². The molecule has 33 heavy (non-hydrogen) atoms. The number of piperazine rings is 1. The first-order valence-electron chi connectivity index (χ1n) is 10.8. The Balaban J connectivity index is 1.29. The van der Waals surface area contributed by atoms with Gasteiger partial charge in [-0.2, -0.15) is 18.2 Å². The highest BCUT2D eigenvalue weighted by Crippen LogP contribution is 2.30. The van der Waals surface area contributed by atoms with Crippen molar-refractivity contribution in [3.05, 3.63) is 53.9 Å². The average molecular weight is 459 g/mol. The fourth-order valence-electron chi connectivity index (χ4n) is 4.01. The van der Waals surface area contributed by atoms with Crippen molar-refractivity contribution in [2.75, 3.05) is 49.6 Å². The van der Waals surface area contributed by atoms with E-state index in [9.17, 15) is 13.2 Å². The first-order chi connectivity index (χ1) is 15.8. The minimum absolute atomic E-state index is 0.256. The summed E-state index contributed by atoms with van der Waals surface area (Å²) >= 11 is 0. The maximum Gasteiger partial charge on any atom is 0.416 e. The number of aryl methyl sites for hydroxylation is 1. The number of alkyl halides is 3. The number of hydrogen-bond acceptors (Lipinski definition) is 7. The first-order valence-corrected chi connectivity index (χ1v) is 10.8. The largest absolute Gasteiger partial charge is 0.416 e. The number of nitrogens with one attached hydrogen (secondary N) is 1. The van der Waals surface area contributed by atoms with Crippen LogP contribution in [-0.2, 0) is 10.9 Å². The van der Waals surface area contributed by atoms with Crippen molar-refractivity contribution in [3.8, 4) is 5.69 Å². The lowest BCUT2D eigenvalue weighted by Gasteiger charge is -2.42. The van der Waals surface area contributed by atoms with Crippen LogP contribution in [0.5, 0.6) is 0 Å². The van der Waals surface area contributed by atoms with Crippen LogP contribution in [0.1, 0.15) is 11.1 Å². The molecule has 2 aliphatic rings. The third-order valence-corrected chi connectivity index (χ3v) is 5.90. The number of hydrogen-bond donors (Lipinski definition) is 1. The van der Waals surface area contributed by atoms with Crippen LogP contribution in [0.2, 0.25) is 0 Å². The number of rotatable bonds is 5. The predicted molar refractivity (Wildman–Crippen MR) is 117 cm³/mol. The molecule has 8 nitrogen and oxygen atoms in total. The van der Waals surface area contributed by atoms with Crippen LogP contribution >= 0.6 is 0 Å². The highest BCUT2D eigenvalue weighted by atomic mass is 19.4. The summed E-state index contributed by atoms with van der Waals surface area (Å²) in [6, 6.07) is 9.42. The second-order valence-corrected chi connectivity index (χ2v) is 8.29. The van der Waals surface area contributed by atoms with Crippen molar-refractivity contribution in [1.29, 1.82) is 0 Å². The van der Waals surface area contributed by atoms with E-state index in [0.29, 0.717) is 11.9 Å². The molecule has 1 aromatic carbocycles. The molecule has 174 valence electrons. The van der Waals surface area contributed by atoms with Crippen molar-refractivity contribution >= 4 is 17.6 Å². The summed E-state index contributed by atoms with van der Waals surface area (Å²) in [6.45, 7) is 7.33. The van der Waals surface area contributed by atoms with Crippen LogP contribution in [0, 0.1) is 6.92 Å². The third kappa shape index (κ3) is 4.79. The standard InChI is InChI=1S/C22H24F3N7O/c1-15-9-19(27-20(10-15)31-7-5-30(6-8-31)18-12-33-13-18)28-21-26-14-32(29-21)17-4-2-3-16(11-17)22(23,24)25/h2-4,9-11,14,18H,5-8,12-13H2,1H3,(H,27,28,29). The smallest absolute Gasteiger partial charge is 0.378 e. The Morgan fingerprint density at radius 2 is 1.85 bits per heavy atom. The molecule has 2 saturated heterocycles. The van der Waals surface area contributed by atoms with Gasteiger partial charge in [-0.15, -0.1) is 5.10 Å². The topological polar surface area (TPSA) is 71.3 Å². The van der Waals surface area contributed by atoms with Crippen LogP contribution in [-0.4, -0.2) is 70.1 Å². The highest BCUT2D eigenvalue weighted by Gasteiger charge is 2.31. The van der Waals surface area contributed by atoms with Gasteiger partial charge in [0.05, 0.1) is 30.5 Å². The average Bonchev–Trinajstić information content (AvgIpc) is 3.21. The predicted octanol–water partition coefficient (Wildman–Crippen LogP) is 3.25. The Labute approximate surface area is 189 Å². The summed E-state index contributed by atoms with van der Waals surface area (Å²) in [4.78, 5) is 13.6. The highest BCUT2D eigenvalue weighted by molar-refractivity contribution is 5.55. The number of aromatic nitrogens is 4. The maximum absolute atomic E-state index is 13.0. The van der Waals surface area contributed by atoms with Gasteiger partial charge in [0, 0.05) is 26.2 Å². The van der Waals surface area contributed by atoms with Gasteiger partial charge in [-0.05, 0) is 42.8 Å². The van der Waals surface area contributed by atoms with Gasteiger partial charge >= 0.3 is 6.18 Å². The summed E-state index contributed by atoms with van der Waals surface area (Å²) in [6.07, 6.45) is -3.05. The van der Waals surface area contributed by atoms with Gasteiger partial charge in [0.1, 0.15) is 18.0 Å². The molecule has 0 unspecified atom stereocenters. The lowest BCUT2D eigenvalue weighted by molar-refractivity contribution is -0.137. The fraction of sp³-hybridized carbons (Fsp3) is 0.409. The number of ether oxygens (including phenoxy) is 1. The van der Waals surface area contributed by atoms with Crippen molar-refractivity contribution in [2.24, 2.45) is 0 Å². The van der Waals surface area contributed by atoms with Crippen LogP contribution < -0.4 is 10.2 Å². The third-order valence-electron chi connectivity index (χ3n) is 5.90. The van der Waals surface area contributed by atoms with Crippen LogP contribution in [0.15, 0.2) is 42.7 Å². The Kier molecular flexibility index (Phi) is 5.67. The quantitative estimate of drug-likeness (QED) is 0.628. The van der Waals surface area contributed by atoms with E-state index in [1.807, 2.05) is 19.1 Å². The summed E-state index contributed by atoms with van der Waals surface area (Å²) in [7, 11) is 0. The molecule has 0 saturated carbocycles. The van der Waals surface area contributed by atoms with E-state index in [4.69, 9.17) is 9.72 Å².